The zero-order valence-corrected chi connectivity index (χ0v) is 9.70. The van der Waals surface area contributed by atoms with Crippen molar-refractivity contribution in [3.05, 3.63) is 40.1 Å². The summed E-state index contributed by atoms with van der Waals surface area (Å²) in [4.78, 5) is 15.6. The van der Waals surface area contributed by atoms with E-state index in [2.05, 4.69) is 4.98 Å². The molecule has 0 aromatic carbocycles. The number of aryl methyl sites for hydroxylation is 1. The lowest BCUT2D eigenvalue weighted by molar-refractivity contribution is 0.0701. The largest absolute Gasteiger partial charge is 0.477 e. The lowest BCUT2D eigenvalue weighted by atomic mass is 10.2. The topological polar surface area (TPSA) is 55.1 Å². The molecule has 0 spiro atoms. The standard InChI is InChI=1S/C11H12N2O2S/c1-2-13-5-4-12-9(13)7-8-3-6-16-10(8)11(14)15/h3-6H,2,7H2,1H3,(H,14,15). The Labute approximate surface area is 97.2 Å². The van der Waals surface area contributed by atoms with Crippen LogP contribution in [-0.4, -0.2) is 20.6 Å². The molecule has 0 bridgehead atoms. The number of thiophene rings is 1. The molecule has 0 unspecified atom stereocenters. The van der Waals surface area contributed by atoms with Crippen LogP contribution >= 0.6 is 11.3 Å². The Morgan fingerprint density at radius 3 is 3.12 bits per heavy atom. The van der Waals surface area contributed by atoms with Crippen molar-refractivity contribution in [1.29, 1.82) is 0 Å². The number of carboxylic acids is 1. The summed E-state index contributed by atoms with van der Waals surface area (Å²) < 4.78 is 2.02. The minimum absolute atomic E-state index is 0.408. The molecule has 1 N–H and O–H groups in total. The van der Waals surface area contributed by atoms with Gasteiger partial charge in [-0.25, -0.2) is 9.78 Å². The Balaban J connectivity index is 2.27. The van der Waals surface area contributed by atoms with Gasteiger partial charge < -0.3 is 9.67 Å². The third-order valence-corrected chi connectivity index (χ3v) is 3.38. The van der Waals surface area contributed by atoms with E-state index < -0.39 is 5.97 Å². The van der Waals surface area contributed by atoms with Crippen LogP contribution in [0.4, 0.5) is 0 Å². The molecule has 0 saturated carbocycles. The number of carboxylic acid groups (broad SMARTS) is 1. The van der Waals surface area contributed by atoms with Gasteiger partial charge in [-0.05, 0) is 23.9 Å². The fraction of sp³-hybridized carbons (Fsp3) is 0.273. The van der Waals surface area contributed by atoms with Crippen molar-refractivity contribution < 1.29 is 9.90 Å². The van der Waals surface area contributed by atoms with Gasteiger partial charge in [-0.15, -0.1) is 11.3 Å². The second-order valence-electron chi connectivity index (χ2n) is 3.39. The van der Waals surface area contributed by atoms with Crippen LogP contribution in [0.3, 0.4) is 0 Å². The molecule has 0 aliphatic carbocycles. The van der Waals surface area contributed by atoms with E-state index in [0.717, 1.165) is 17.9 Å². The smallest absolute Gasteiger partial charge is 0.346 e. The molecule has 4 nitrogen and oxygen atoms in total. The van der Waals surface area contributed by atoms with Gasteiger partial charge in [-0.3, -0.25) is 0 Å². The summed E-state index contributed by atoms with van der Waals surface area (Å²) >= 11 is 1.26. The zero-order chi connectivity index (χ0) is 11.5. The molecule has 0 fully saturated rings. The highest BCUT2D eigenvalue weighted by atomic mass is 32.1. The van der Waals surface area contributed by atoms with Crippen LogP contribution in [-0.2, 0) is 13.0 Å². The lowest BCUT2D eigenvalue weighted by Crippen LogP contribution is -2.04. The third kappa shape index (κ3) is 1.99. The second-order valence-corrected chi connectivity index (χ2v) is 4.30. The number of aromatic nitrogens is 2. The molecule has 5 heteroatoms. The van der Waals surface area contributed by atoms with Crippen molar-refractivity contribution in [2.75, 3.05) is 0 Å². The van der Waals surface area contributed by atoms with Crippen LogP contribution in [0.15, 0.2) is 23.8 Å². The summed E-state index contributed by atoms with van der Waals surface area (Å²) in [6, 6.07) is 1.85. The average Bonchev–Trinajstić information content (AvgIpc) is 2.86. The van der Waals surface area contributed by atoms with Gasteiger partial charge in [0.2, 0.25) is 0 Å². The highest BCUT2D eigenvalue weighted by molar-refractivity contribution is 7.12. The lowest BCUT2D eigenvalue weighted by Gasteiger charge is -2.04. The van der Waals surface area contributed by atoms with Crippen LogP contribution in [0.25, 0.3) is 0 Å². The van der Waals surface area contributed by atoms with Crippen LogP contribution in [0, 0.1) is 0 Å². The third-order valence-electron chi connectivity index (χ3n) is 2.43. The van der Waals surface area contributed by atoms with Crippen molar-refractivity contribution in [3.8, 4) is 0 Å². The van der Waals surface area contributed by atoms with E-state index in [1.165, 1.54) is 11.3 Å². The Kier molecular flexibility index (Phi) is 3.05. The molecule has 2 heterocycles. The van der Waals surface area contributed by atoms with Crippen molar-refractivity contribution in [1.82, 2.24) is 9.55 Å². The minimum Gasteiger partial charge on any atom is -0.477 e. The molecule has 0 amide bonds. The number of hydrogen-bond donors (Lipinski definition) is 1. The molecule has 2 aromatic heterocycles. The van der Waals surface area contributed by atoms with E-state index >= 15 is 0 Å². The normalized spacial score (nSPS) is 10.6. The molecule has 0 atom stereocenters. The first-order valence-electron chi connectivity index (χ1n) is 5.02. The fourth-order valence-electron chi connectivity index (χ4n) is 1.63. The minimum atomic E-state index is -0.861. The van der Waals surface area contributed by atoms with Gasteiger partial charge in [-0.1, -0.05) is 0 Å². The van der Waals surface area contributed by atoms with Crippen molar-refractivity contribution in [2.45, 2.75) is 19.9 Å². The maximum Gasteiger partial charge on any atom is 0.346 e. The van der Waals surface area contributed by atoms with Gasteiger partial charge in [0.05, 0.1) is 0 Å². The molecule has 0 saturated heterocycles. The maximum absolute atomic E-state index is 10.9. The van der Waals surface area contributed by atoms with Crippen molar-refractivity contribution in [3.63, 3.8) is 0 Å². The van der Waals surface area contributed by atoms with E-state index in [0.29, 0.717) is 11.3 Å². The van der Waals surface area contributed by atoms with E-state index in [-0.39, 0.29) is 0 Å². The molecule has 0 aliphatic rings. The molecule has 0 aliphatic heterocycles. The summed E-state index contributed by atoms with van der Waals surface area (Å²) in [7, 11) is 0. The quantitative estimate of drug-likeness (QED) is 0.885. The number of aromatic carboxylic acids is 1. The van der Waals surface area contributed by atoms with Gasteiger partial charge in [0.25, 0.3) is 0 Å². The molecule has 16 heavy (non-hydrogen) atoms. The molecule has 84 valence electrons. The second kappa shape index (κ2) is 4.49. The Morgan fingerprint density at radius 1 is 1.62 bits per heavy atom. The first-order valence-corrected chi connectivity index (χ1v) is 5.90. The summed E-state index contributed by atoms with van der Waals surface area (Å²) in [5.74, 6) is 0.0444. The van der Waals surface area contributed by atoms with Crippen LogP contribution in [0.1, 0.15) is 28.0 Å². The number of imidazole rings is 1. The van der Waals surface area contributed by atoms with Gasteiger partial charge in [-0.2, -0.15) is 0 Å². The summed E-state index contributed by atoms with van der Waals surface area (Å²) in [5.41, 5.74) is 0.832. The molecule has 2 rings (SSSR count). The fourth-order valence-corrected chi connectivity index (χ4v) is 2.39. The van der Waals surface area contributed by atoms with Crippen molar-refractivity contribution >= 4 is 17.3 Å². The first kappa shape index (κ1) is 10.9. The van der Waals surface area contributed by atoms with Gasteiger partial charge >= 0.3 is 5.97 Å². The van der Waals surface area contributed by atoms with E-state index in [4.69, 9.17) is 5.11 Å². The van der Waals surface area contributed by atoms with E-state index in [9.17, 15) is 4.79 Å². The number of carbonyl (C=O) groups is 1. The SMILES string of the molecule is CCn1ccnc1Cc1ccsc1C(=O)O. The van der Waals surface area contributed by atoms with Gasteiger partial charge in [0.15, 0.2) is 0 Å². The molecule has 2 aromatic rings. The molecular weight excluding hydrogens is 224 g/mol. The molecular formula is C11H12N2O2S. The first-order chi connectivity index (χ1) is 7.72. The monoisotopic (exact) mass is 236 g/mol. The molecule has 0 radical (unpaired) electrons. The van der Waals surface area contributed by atoms with Crippen LogP contribution in [0.2, 0.25) is 0 Å². The van der Waals surface area contributed by atoms with Crippen molar-refractivity contribution in [2.24, 2.45) is 0 Å². The summed E-state index contributed by atoms with van der Waals surface area (Å²) in [6.07, 6.45) is 4.22. The summed E-state index contributed by atoms with van der Waals surface area (Å²) in [5, 5.41) is 10.8. The Hall–Kier alpha value is -1.62. The number of rotatable bonds is 4. The summed E-state index contributed by atoms with van der Waals surface area (Å²) in [6.45, 7) is 2.89. The highest BCUT2D eigenvalue weighted by Crippen LogP contribution is 2.19. The zero-order valence-electron chi connectivity index (χ0n) is 8.88. The Bertz CT molecular complexity index is 502. The highest BCUT2D eigenvalue weighted by Gasteiger charge is 2.13. The van der Waals surface area contributed by atoms with Gasteiger partial charge in [0, 0.05) is 25.4 Å². The predicted molar refractivity (Wildman–Crippen MR) is 62.0 cm³/mol. The predicted octanol–water partition coefficient (Wildman–Crippen LogP) is 2.25. The maximum atomic E-state index is 10.9. The van der Waals surface area contributed by atoms with Crippen LogP contribution < -0.4 is 0 Å². The van der Waals surface area contributed by atoms with Crippen LogP contribution in [0.5, 0.6) is 0 Å². The van der Waals surface area contributed by atoms with E-state index in [1.807, 2.05) is 23.8 Å². The number of nitrogens with zero attached hydrogens (tertiary/aromatic N) is 2. The Morgan fingerprint density at radius 2 is 2.44 bits per heavy atom. The van der Waals surface area contributed by atoms with E-state index in [1.54, 1.807) is 11.6 Å². The average molecular weight is 236 g/mol. The number of hydrogen-bond acceptors (Lipinski definition) is 3. The van der Waals surface area contributed by atoms with Gasteiger partial charge in [0.1, 0.15) is 10.7 Å².